The number of hydrogen-bond donors (Lipinski definition) is 1. The molecule has 0 spiro atoms. The first kappa shape index (κ1) is 24.0. The van der Waals surface area contributed by atoms with Gasteiger partial charge in [0.2, 0.25) is 10.0 Å². The van der Waals surface area contributed by atoms with E-state index < -0.39 is 15.9 Å². The zero-order valence-corrected chi connectivity index (χ0v) is 19.7. The predicted octanol–water partition coefficient (Wildman–Crippen LogP) is 3.80. The van der Waals surface area contributed by atoms with Crippen LogP contribution in [0.1, 0.15) is 22.3 Å². The lowest BCUT2D eigenvalue weighted by Crippen LogP contribution is -2.39. The van der Waals surface area contributed by atoms with E-state index in [-0.39, 0.29) is 6.54 Å². The maximum Gasteiger partial charge on any atom is 0.260 e. The number of amides is 1. The molecule has 0 saturated carbocycles. The van der Waals surface area contributed by atoms with Crippen molar-refractivity contribution in [2.45, 2.75) is 20.5 Å². The van der Waals surface area contributed by atoms with Gasteiger partial charge in [0.1, 0.15) is 18.9 Å². The van der Waals surface area contributed by atoms with Gasteiger partial charge >= 0.3 is 0 Å². The summed E-state index contributed by atoms with van der Waals surface area (Å²) in [6.07, 6.45) is 2.55. The first-order valence-corrected chi connectivity index (χ1v) is 12.2. The van der Waals surface area contributed by atoms with E-state index in [0.717, 1.165) is 33.0 Å². The Morgan fingerprint density at radius 1 is 1.00 bits per heavy atom. The summed E-state index contributed by atoms with van der Waals surface area (Å²) in [5.74, 6) is 0.176. The summed E-state index contributed by atoms with van der Waals surface area (Å²) in [4.78, 5) is 12.3. The number of sulfonamides is 1. The van der Waals surface area contributed by atoms with Crippen molar-refractivity contribution in [1.29, 1.82) is 0 Å². The molecule has 0 aromatic heterocycles. The van der Waals surface area contributed by atoms with E-state index in [4.69, 9.17) is 4.74 Å². The fourth-order valence-corrected chi connectivity index (χ4v) is 3.88. The van der Waals surface area contributed by atoms with Gasteiger partial charge in [-0.15, -0.1) is 0 Å². The van der Waals surface area contributed by atoms with E-state index in [0.29, 0.717) is 12.3 Å². The molecule has 0 saturated heterocycles. The van der Waals surface area contributed by atoms with E-state index in [1.54, 1.807) is 18.2 Å². The lowest BCUT2D eigenvalue weighted by Gasteiger charge is -2.21. The highest BCUT2D eigenvalue weighted by molar-refractivity contribution is 7.92. The second-order valence-corrected chi connectivity index (χ2v) is 9.65. The van der Waals surface area contributed by atoms with Gasteiger partial charge in [-0.25, -0.2) is 13.8 Å². The normalized spacial score (nSPS) is 11.4. The lowest BCUT2D eigenvalue weighted by atomic mass is 10.2. The van der Waals surface area contributed by atoms with Crippen molar-refractivity contribution in [1.82, 2.24) is 5.43 Å². The van der Waals surface area contributed by atoms with Crippen molar-refractivity contribution in [3.8, 4) is 5.75 Å². The Bertz CT molecular complexity index is 1220. The third kappa shape index (κ3) is 7.47. The molecule has 0 unspecified atom stereocenters. The third-order valence-corrected chi connectivity index (χ3v) is 5.93. The van der Waals surface area contributed by atoms with Crippen LogP contribution in [0.25, 0.3) is 0 Å². The minimum atomic E-state index is -3.63. The molecule has 0 radical (unpaired) electrons. The number of carbonyl (C=O) groups is 1. The number of aryl methyl sites for hydroxylation is 2. The van der Waals surface area contributed by atoms with Crippen LogP contribution in [-0.4, -0.2) is 33.3 Å². The molecule has 0 aliphatic rings. The summed E-state index contributed by atoms with van der Waals surface area (Å²) in [7, 11) is -3.63. The molecule has 0 bridgehead atoms. The molecule has 7 nitrogen and oxygen atoms in total. The number of hydrogen-bond acceptors (Lipinski definition) is 5. The van der Waals surface area contributed by atoms with Gasteiger partial charge in [0.25, 0.3) is 5.91 Å². The van der Waals surface area contributed by atoms with Crippen LogP contribution in [0, 0.1) is 13.8 Å². The fourth-order valence-electron chi connectivity index (χ4n) is 3.03. The monoisotopic (exact) mass is 465 g/mol. The molecule has 0 aliphatic heterocycles. The Labute approximate surface area is 194 Å². The molecule has 3 aromatic rings. The molecular formula is C25H27N3O4S. The van der Waals surface area contributed by atoms with E-state index in [2.05, 4.69) is 10.5 Å². The molecule has 1 N–H and O–H groups in total. The smallest absolute Gasteiger partial charge is 0.260 e. The predicted molar refractivity (Wildman–Crippen MR) is 131 cm³/mol. The molecular weight excluding hydrogens is 438 g/mol. The average molecular weight is 466 g/mol. The van der Waals surface area contributed by atoms with Gasteiger partial charge < -0.3 is 4.74 Å². The molecule has 1 amide bonds. The maximum atomic E-state index is 12.3. The van der Waals surface area contributed by atoms with Gasteiger partial charge in [0, 0.05) is 0 Å². The minimum absolute atomic E-state index is 0.370. The standard InChI is InChI=1S/C25H27N3O4S/c1-19-7-9-22(10-8-19)18-32-24-13-11-21(12-14-24)16-26-27-25(29)17-28(33(3,30)31)23-6-4-5-20(2)15-23/h4-16H,17-18H2,1-3H3,(H,27,29)/b26-16-. The van der Waals surface area contributed by atoms with Gasteiger partial charge in [-0.3, -0.25) is 9.10 Å². The molecule has 172 valence electrons. The number of nitrogens with zero attached hydrogens (tertiary/aromatic N) is 2. The Hall–Kier alpha value is -3.65. The number of anilines is 1. The molecule has 33 heavy (non-hydrogen) atoms. The summed E-state index contributed by atoms with van der Waals surface area (Å²) in [6, 6.07) is 22.4. The van der Waals surface area contributed by atoms with Crippen LogP contribution in [0.5, 0.6) is 5.75 Å². The highest BCUT2D eigenvalue weighted by Gasteiger charge is 2.20. The summed E-state index contributed by atoms with van der Waals surface area (Å²) in [5, 5.41) is 3.93. The topological polar surface area (TPSA) is 88.1 Å². The Morgan fingerprint density at radius 2 is 1.70 bits per heavy atom. The van der Waals surface area contributed by atoms with Crippen molar-refractivity contribution >= 4 is 27.8 Å². The highest BCUT2D eigenvalue weighted by Crippen LogP contribution is 2.18. The van der Waals surface area contributed by atoms with Crippen LogP contribution >= 0.6 is 0 Å². The minimum Gasteiger partial charge on any atom is -0.489 e. The van der Waals surface area contributed by atoms with Gasteiger partial charge in [-0.2, -0.15) is 5.10 Å². The summed E-state index contributed by atoms with van der Waals surface area (Å²) in [5.41, 5.74) is 6.75. The van der Waals surface area contributed by atoms with Crippen LogP contribution in [0.2, 0.25) is 0 Å². The molecule has 3 rings (SSSR count). The van der Waals surface area contributed by atoms with E-state index in [1.807, 2.05) is 68.4 Å². The average Bonchev–Trinajstić information content (AvgIpc) is 2.77. The zero-order chi connectivity index (χ0) is 23.8. The zero-order valence-electron chi connectivity index (χ0n) is 18.9. The highest BCUT2D eigenvalue weighted by atomic mass is 32.2. The van der Waals surface area contributed by atoms with E-state index in [1.165, 1.54) is 11.8 Å². The van der Waals surface area contributed by atoms with Gasteiger partial charge in [0.15, 0.2) is 0 Å². The first-order valence-electron chi connectivity index (χ1n) is 10.4. The second-order valence-electron chi connectivity index (χ2n) is 7.75. The number of carbonyl (C=O) groups excluding carboxylic acids is 1. The Balaban J connectivity index is 1.54. The van der Waals surface area contributed by atoms with Gasteiger partial charge in [-0.1, -0.05) is 42.0 Å². The largest absolute Gasteiger partial charge is 0.489 e. The van der Waals surface area contributed by atoms with E-state index in [9.17, 15) is 13.2 Å². The van der Waals surface area contributed by atoms with Crippen molar-refractivity contribution in [2.24, 2.45) is 5.10 Å². The second kappa shape index (κ2) is 10.8. The lowest BCUT2D eigenvalue weighted by molar-refractivity contribution is -0.119. The van der Waals surface area contributed by atoms with Gasteiger partial charge in [-0.05, 0) is 66.9 Å². The van der Waals surface area contributed by atoms with Crippen LogP contribution in [0.4, 0.5) is 5.69 Å². The molecule has 0 fully saturated rings. The summed E-state index contributed by atoms with van der Waals surface area (Å²) >= 11 is 0. The maximum absolute atomic E-state index is 12.3. The molecule has 3 aromatic carbocycles. The van der Waals surface area contributed by atoms with Crippen LogP contribution in [0.15, 0.2) is 77.9 Å². The summed E-state index contributed by atoms with van der Waals surface area (Å²) < 4.78 is 31.1. The molecule has 0 atom stereocenters. The SMILES string of the molecule is Cc1ccc(COc2ccc(/C=N\NC(=O)CN(c3cccc(C)c3)S(C)(=O)=O)cc2)cc1. The summed E-state index contributed by atoms with van der Waals surface area (Å²) in [6.45, 7) is 4.00. The molecule has 0 aliphatic carbocycles. The third-order valence-electron chi connectivity index (χ3n) is 4.79. The number of ether oxygens (including phenoxy) is 1. The van der Waals surface area contributed by atoms with Crippen molar-refractivity contribution < 1.29 is 17.9 Å². The first-order chi connectivity index (χ1) is 15.7. The quantitative estimate of drug-likeness (QED) is 0.385. The van der Waals surface area contributed by atoms with Crippen LogP contribution in [-0.2, 0) is 21.4 Å². The number of nitrogens with one attached hydrogen (secondary N) is 1. The number of hydrazone groups is 1. The van der Waals surface area contributed by atoms with Crippen LogP contribution < -0.4 is 14.5 Å². The Morgan fingerprint density at radius 3 is 2.33 bits per heavy atom. The molecule has 0 heterocycles. The fraction of sp³-hybridized carbons (Fsp3) is 0.200. The molecule has 8 heteroatoms. The Kier molecular flexibility index (Phi) is 7.84. The number of benzene rings is 3. The van der Waals surface area contributed by atoms with E-state index >= 15 is 0 Å². The van der Waals surface area contributed by atoms with Gasteiger partial charge in [0.05, 0.1) is 18.2 Å². The van der Waals surface area contributed by atoms with Crippen molar-refractivity contribution in [3.05, 3.63) is 95.1 Å². The van der Waals surface area contributed by atoms with Crippen molar-refractivity contribution in [2.75, 3.05) is 17.1 Å². The number of rotatable bonds is 9. The van der Waals surface area contributed by atoms with Crippen LogP contribution in [0.3, 0.4) is 0 Å². The van der Waals surface area contributed by atoms with Crippen molar-refractivity contribution in [3.63, 3.8) is 0 Å².